The molecule has 0 amide bonds. The van der Waals surface area contributed by atoms with Gasteiger partial charge in [-0.15, -0.1) is 0 Å². The molecule has 2 nitrogen and oxygen atoms in total. The number of piperazine rings is 1. The van der Waals surface area contributed by atoms with E-state index in [9.17, 15) is 0 Å². The molecule has 90 valence electrons. The van der Waals surface area contributed by atoms with E-state index in [0.29, 0.717) is 6.04 Å². The van der Waals surface area contributed by atoms with Crippen LogP contribution in [0, 0.1) is 6.92 Å². The highest BCUT2D eigenvalue weighted by atomic mass is 79.9. The van der Waals surface area contributed by atoms with Gasteiger partial charge in [0.15, 0.2) is 7.98 Å². The topological polar surface area (TPSA) is 6.48 Å². The fraction of sp³-hybridized carbons (Fsp3) is 0.538. The highest BCUT2D eigenvalue weighted by Gasteiger charge is 2.20. The highest BCUT2D eigenvalue weighted by molar-refractivity contribution is 9.10. The van der Waals surface area contributed by atoms with Gasteiger partial charge in [-0.3, -0.25) is 4.90 Å². The number of benzene rings is 1. The largest absolute Gasteiger partial charge is 0.351 e. The Morgan fingerprint density at radius 1 is 1.24 bits per heavy atom. The maximum atomic E-state index is 5.78. The van der Waals surface area contributed by atoms with Crippen LogP contribution in [0.4, 0.5) is 0 Å². The van der Waals surface area contributed by atoms with Crippen molar-refractivity contribution in [2.75, 3.05) is 26.2 Å². The van der Waals surface area contributed by atoms with Gasteiger partial charge in [-0.25, -0.2) is 0 Å². The Morgan fingerprint density at radius 3 is 2.47 bits per heavy atom. The molecule has 1 heterocycles. The molecular formula is C13H18BBrN2. The molecule has 17 heavy (non-hydrogen) atoms. The van der Waals surface area contributed by atoms with Gasteiger partial charge in [-0.1, -0.05) is 28.1 Å². The van der Waals surface area contributed by atoms with Gasteiger partial charge < -0.3 is 4.81 Å². The maximum Gasteiger partial charge on any atom is 0.182 e. The second-order valence-corrected chi connectivity index (χ2v) is 5.61. The number of hydrogen-bond donors (Lipinski definition) is 0. The van der Waals surface area contributed by atoms with Crippen molar-refractivity contribution in [3.8, 4) is 0 Å². The molecule has 0 aromatic heterocycles. The molecule has 4 heteroatoms. The standard InChI is InChI=1S/C13H18BBrN2/c1-10-3-4-12(9-13(10)15)11(2)16-5-7-17(14)8-6-16/h3-4,9,11H,5-8H2,1-2H3. The van der Waals surface area contributed by atoms with E-state index >= 15 is 0 Å². The minimum Gasteiger partial charge on any atom is -0.351 e. The SMILES string of the molecule is [B]N1CCN(C(C)c2ccc(C)c(Br)c2)CC1. The zero-order chi connectivity index (χ0) is 12.4. The number of hydrogen-bond acceptors (Lipinski definition) is 2. The summed E-state index contributed by atoms with van der Waals surface area (Å²) in [5.41, 5.74) is 2.65. The first-order chi connectivity index (χ1) is 8.08. The van der Waals surface area contributed by atoms with Crippen molar-refractivity contribution in [2.45, 2.75) is 19.9 Å². The monoisotopic (exact) mass is 292 g/mol. The lowest BCUT2D eigenvalue weighted by atomic mass is 10.0. The Bertz CT molecular complexity index is 389. The lowest BCUT2D eigenvalue weighted by Gasteiger charge is -2.37. The molecule has 1 unspecified atom stereocenters. The van der Waals surface area contributed by atoms with Gasteiger partial charge >= 0.3 is 0 Å². The Morgan fingerprint density at radius 2 is 1.88 bits per heavy atom. The molecule has 0 N–H and O–H groups in total. The third kappa shape index (κ3) is 3.12. The van der Waals surface area contributed by atoms with Crippen LogP contribution in [0.15, 0.2) is 22.7 Å². The Balaban J connectivity index is 2.08. The smallest absolute Gasteiger partial charge is 0.182 e. The molecule has 1 aromatic rings. The summed E-state index contributed by atoms with van der Waals surface area (Å²) < 4.78 is 1.19. The summed E-state index contributed by atoms with van der Waals surface area (Å²) in [4.78, 5) is 4.38. The molecule has 2 rings (SSSR count). The quantitative estimate of drug-likeness (QED) is 0.773. The highest BCUT2D eigenvalue weighted by Crippen LogP contribution is 2.26. The Hall–Kier alpha value is -0.315. The van der Waals surface area contributed by atoms with Crippen LogP contribution in [-0.4, -0.2) is 43.9 Å². The van der Waals surface area contributed by atoms with Crippen molar-refractivity contribution in [3.63, 3.8) is 0 Å². The van der Waals surface area contributed by atoms with Crippen LogP contribution in [0.5, 0.6) is 0 Å². The summed E-state index contributed by atoms with van der Waals surface area (Å²) in [5.74, 6) is 0. The Labute approximate surface area is 114 Å². The lowest BCUT2D eigenvalue weighted by Crippen LogP contribution is -2.45. The third-order valence-corrected chi connectivity index (χ3v) is 4.43. The first-order valence-corrected chi connectivity index (χ1v) is 6.87. The van der Waals surface area contributed by atoms with Crippen molar-refractivity contribution in [2.24, 2.45) is 0 Å². The molecule has 0 bridgehead atoms. The van der Waals surface area contributed by atoms with Gasteiger partial charge in [0, 0.05) is 23.6 Å². The van der Waals surface area contributed by atoms with Crippen LogP contribution in [0.3, 0.4) is 0 Å². The number of rotatable bonds is 2. The zero-order valence-corrected chi connectivity index (χ0v) is 12.1. The zero-order valence-electron chi connectivity index (χ0n) is 10.5. The van der Waals surface area contributed by atoms with Gasteiger partial charge in [0.2, 0.25) is 0 Å². The van der Waals surface area contributed by atoms with Crippen molar-refractivity contribution in [1.82, 2.24) is 9.71 Å². The summed E-state index contributed by atoms with van der Waals surface area (Å²) in [6.07, 6.45) is 0. The van der Waals surface area contributed by atoms with Crippen LogP contribution in [-0.2, 0) is 0 Å². The van der Waals surface area contributed by atoms with E-state index in [4.69, 9.17) is 7.98 Å². The minimum absolute atomic E-state index is 0.459. The molecule has 2 radical (unpaired) electrons. The molecule has 1 fully saturated rings. The van der Waals surface area contributed by atoms with Crippen LogP contribution in [0.1, 0.15) is 24.1 Å². The maximum absolute atomic E-state index is 5.78. The van der Waals surface area contributed by atoms with E-state index < -0.39 is 0 Å². The van der Waals surface area contributed by atoms with Crippen molar-refractivity contribution in [1.29, 1.82) is 0 Å². The normalized spacial score (nSPS) is 20.4. The minimum atomic E-state index is 0.459. The molecule has 1 aliphatic heterocycles. The summed E-state index contributed by atoms with van der Waals surface area (Å²) >= 11 is 3.60. The van der Waals surface area contributed by atoms with Crippen LogP contribution >= 0.6 is 15.9 Å². The van der Waals surface area contributed by atoms with Gasteiger partial charge in [0.25, 0.3) is 0 Å². The van der Waals surface area contributed by atoms with Crippen molar-refractivity contribution in [3.05, 3.63) is 33.8 Å². The fourth-order valence-corrected chi connectivity index (χ4v) is 2.60. The number of aryl methyl sites for hydroxylation is 1. The summed E-state index contributed by atoms with van der Waals surface area (Å²) in [5, 5.41) is 0. The average Bonchev–Trinajstić information content (AvgIpc) is 2.33. The van der Waals surface area contributed by atoms with Gasteiger partial charge in [-0.05, 0) is 44.1 Å². The second-order valence-electron chi connectivity index (χ2n) is 4.76. The predicted molar refractivity (Wildman–Crippen MR) is 76.2 cm³/mol. The van der Waals surface area contributed by atoms with E-state index in [2.05, 4.69) is 52.9 Å². The van der Waals surface area contributed by atoms with E-state index in [1.165, 1.54) is 15.6 Å². The van der Waals surface area contributed by atoms with E-state index in [1.807, 2.05) is 4.81 Å². The van der Waals surface area contributed by atoms with Gasteiger partial charge in [-0.2, -0.15) is 0 Å². The summed E-state index contributed by atoms with van der Waals surface area (Å²) in [7, 11) is 5.78. The molecule has 1 atom stereocenters. The average molecular weight is 293 g/mol. The van der Waals surface area contributed by atoms with Crippen LogP contribution in [0.25, 0.3) is 0 Å². The van der Waals surface area contributed by atoms with Crippen LogP contribution < -0.4 is 0 Å². The second kappa shape index (κ2) is 5.55. The molecule has 0 aliphatic carbocycles. The number of nitrogens with zero attached hydrogens (tertiary/aromatic N) is 2. The summed E-state index contributed by atoms with van der Waals surface area (Å²) in [6.45, 7) is 8.38. The predicted octanol–water partition coefficient (Wildman–Crippen LogP) is 2.52. The van der Waals surface area contributed by atoms with Crippen molar-refractivity contribution < 1.29 is 0 Å². The van der Waals surface area contributed by atoms with Gasteiger partial charge in [0.1, 0.15) is 0 Å². The summed E-state index contributed by atoms with van der Waals surface area (Å²) in [6, 6.07) is 7.09. The van der Waals surface area contributed by atoms with Crippen molar-refractivity contribution >= 4 is 23.9 Å². The molecule has 1 saturated heterocycles. The lowest BCUT2D eigenvalue weighted by molar-refractivity contribution is 0.147. The van der Waals surface area contributed by atoms with Gasteiger partial charge in [0.05, 0.1) is 0 Å². The first-order valence-electron chi connectivity index (χ1n) is 6.07. The fourth-order valence-electron chi connectivity index (χ4n) is 2.20. The molecular weight excluding hydrogens is 275 g/mol. The van der Waals surface area contributed by atoms with E-state index in [1.54, 1.807) is 0 Å². The number of halogens is 1. The molecule has 1 aliphatic rings. The first kappa shape index (κ1) is 13.1. The Kier molecular flexibility index (Phi) is 4.29. The van der Waals surface area contributed by atoms with Crippen LogP contribution in [0.2, 0.25) is 0 Å². The van der Waals surface area contributed by atoms with E-state index in [-0.39, 0.29) is 0 Å². The van der Waals surface area contributed by atoms with E-state index in [0.717, 1.165) is 26.2 Å². The molecule has 0 saturated carbocycles. The third-order valence-electron chi connectivity index (χ3n) is 3.57. The molecule has 0 spiro atoms. The molecule has 1 aromatic carbocycles.